The van der Waals surface area contributed by atoms with Crippen LogP contribution in [0.15, 0.2) is 24.3 Å². The van der Waals surface area contributed by atoms with Gasteiger partial charge < -0.3 is 14.8 Å². The molecule has 3 rings (SSSR count). The molecule has 5 heteroatoms. The Bertz CT molecular complexity index is 743. The lowest BCUT2D eigenvalue weighted by atomic mass is 9.97. The van der Waals surface area contributed by atoms with Crippen LogP contribution in [0, 0.1) is 18.3 Å². The average molecular weight is 310 g/mol. The van der Waals surface area contributed by atoms with Gasteiger partial charge in [0.2, 0.25) is 11.9 Å². The molecule has 1 fully saturated rings. The van der Waals surface area contributed by atoms with Crippen LogP contribution in [0.2, 0.25) is 0 Å². The number of fused-ring (bicyclic) bond motifs is 1. The van der Waals surface area contributed by atoms with Crippen molar-refractivity contribution < 1.29 is 4.79 Å². The first-order valence-electron chi connectivity index (χ1n) is 8.16. The van der Waals surface area contributed by atoms with Crippen LogP contribution in [-0.4, -0.2) is 35.1 Å². The van der Waals surface area contributed by atoms with Crippen molar-refractivity contribution in [3.8, 4) is 12.3 Å². The number of amides is 1. The predicted octanol–water partition coefficient (Wildman–Crippen LogP) is 2.02. The summed E-state index contributed by atoms with van der Waals surface area (Å²) in [7, 11) is 0. The minimum Gasteiger partial charge on any atom is -0.345 e. The van der Waals surface area contributed by atoms with Gasteiger partial charge >= 0.3 is 0 Å². The van der Waals surface area contributed by atoms with Crippen LogP contribution >= 0.6 is 0 Å². The van der Waals surface area contributed by atoms with Crippen molar-refractivity contribution in [2.24, 2.45) is 5.92 Å². The number of hydrogen-bond donors (Lipinski definition) is 1. The number of piperidine rings is 1. The molecule has 1 aromatic heterocycles. The molecule has 0 spiro atoms. The highest BCUT2D eigenvalue weighted by Gasteiger charge is 2.28. The van der Waals surface area contributed by atoms with Crippen LogP contribution < -0.4 is 10.2 Å². The molecule has 1 amide bonds. The lowest BCUT2D eigenvalue weighted by Gasteiger charge is -2.33. The normalized spacial score (nSPS) is 17.9. The number of terminal acetylenes is 1. The summed E-state index contributed by atoms with van der Waals surface area (Å²) in [5, 5.41) is 2.80. The molecule has 0 bridgehead atoms. The van der Waals surface area contributed by atoms with Crippen LogP contribution in [0.25, 0.3) is 11.0 Å². The number of para-hydroxylation sites is 2. The maximum Gasteiger partial charge on any atom is 0.225 e. The van der Waals surface area contributed by atoms with E-state index in [1.54, 1.807) is 0 Å². The molecule has 1 aliphatic heterocycles. The third-order valence-electron chi connectivity index (χ3n) is 4.39. The van der Waals surface area contributed by atoms with Crippen LogP contribution in [0.3, 0.4) is 0 Å². The van der Waals surface area contributed by atoms with Crippen LogP contribution in [-0.2, 0) is 11.3 Å². The van der Waals surface area contributed by atoms with Crippen molar-refractivity contribution in [3.63, 3.8) is 0 Å². The monoisotopic (exact) mass is 310 g/mol. The Morgan fingerprint density at radius 3 is 3.09 bits per heavy atom. The number of rotatable bonds is 4. The summed E-state index contributed by atoms with van der Waals surface area (Å²) in [6.07, 6.45) is 7.11. The van der Waals surface area contributed by atoms with E-state index < -0.39 is 0 Å². The molecule has 120 valence electrons. The van der Waals surface area contributed by atoms with E-state index in [1.165, 1.54) is 0 Å². The fraction of sp³-hybridized carbons (Fsp3) is 0.444. The van der Waals surface area contributed by atoms with E-state index in [0.717, 1.165) is 42.9 Å². The Balaban J connectivity index is 1.84. The fourth-order valence-electron chi connectivity index (χ4n) is 3.27. The van der Waals surface area contributed by atoms with Gasteiger partial charge in [-0.1, -0.05) is 18.1 Å². The number of aryl methyl sites for hydroxylation is 1. The van der Waals surface area contributed by atoms with E-state index in [1.807, 2.05) is 18.2 Å². The Morgan fingerprint density at radius 1 is 1.48 bits per heavy atom. The summed E-state index contributed by atoms with van der Waals surface area (Å²) in [4.78, 5) is 19.2. The molecule has 0 unspecified atom stereocenters. The van der Waals surface area contributed by atoms with E-state index in [-0.39, 0.29) is 11.8 Å². The standard InChI is InChI=1S/C18H22N4O/c1-3-11-19-17(23)14-8-7-12-21(13-14)18-20-15-9-5-6-10-16(15)22(18)4-2/h1,5-6,9-10,14H,4,7-8,11-13H2,2H3,(H,19,23)/t14-/m1/s1. The molecule has 0 radical (unpaired) electrons. The molecule has 2 aromatic rings. The highest BCUT2D eigenvalue weighted by Crippen LogP contribution is 2.26. The number of carbonyl (C=O) groups excluding carboxylic acids is 1. The third kappa shape index (κ3) is 3.02. The molecule has 2 heterocycles. The lowest BCUT2D eigenvalue weighted by molar-refractivity contribution is -0.125. The summed E-state index contributed by atoms with van der Waals surface area (Å²) in [6, 6.07) is 8.17. The Hall–Kier alpha value is -2.48. The van der Waals surface area contributed by atoms with Crippen molar-refractivity contribution in [1.82, 2.24) is 14.9 Å². The first-order valence-corrected chi connectivity index (χ1v) is 8.16. The van der Waals surface area contributed by atoms with E-state index in [4.69, 9.17) is 11.4 Å². The Labute approximate surface area is 136 Å². The second kappa shape index (κ2) is 6.74. The zero-order valence-electron chi connectivity index (χ0n) is 13.5. The van der Waals surface area contributed by atoms with Gasteiger partial charge in [-0.3, -0.25) is 4.79 Å². The molecule has 5 nitrogen and oxygen atoms in total. The molecule has 1 aromatic carbocycles. The first kappa shape index (κ1) is 15.4. The maximum atomic E-state index is 12.2. The van der Waals surface area contributed by atoms with Gasteiger partial charge in [0.05, 0.1) is 23.5 Å². The molecule has 1 atom stereocenters. The topological polar surface area (TPSA) is 50.2 Å². The van der Waals surface area contributed by atoms with Crippen molar-refractivity contribution >= 4 is 22.9 Å². The fourth-order valence-corrected chi connectivity index (χ4v) is 3.27. The third-order valence-corrected chi connectivity index (χ3v) is 4.39. The average Bonchev–Trinajstić information content (AvgIpc) is 2.98. The zero-order valence-corrected chi connectivity index (χ0v) is 13.5. The quantitative estimate of drug-likeness (QED) is 0.879. The first-order chi connectivity index (χ1) is 11.2. The number of nitrogens with zero attached hydrogens (tertiary/aromatic N) is 3. The molecule has 1 aliphatic rings. The summed E-state index contributed by atoms with van der Waals surface area (Å²) < 4.78 is 2.22. The van der Waals surface area contributed by atoms with Gasteiger partial charge in [-0.05, 0) is 31.9 Å². The van der Waals surface area contributed by atoms with Crippen LogP contribution in [0.1, 0.15) is 19.8 Å². The molecule has 0 aliphatic carbocycles. The second-order valence-corrected chi connectivity index (χ2v) is 5.85. The van der Waals surface area contributed by atoms with Gasteiger partial charge in [0.25, 0.3) is 0 Å². The number of imidazole rings is 1. The van der Waals surface area contributed by atoms with Gasteiger partial charge in [0.1, 0.15) is 0 Å². The molecular weight excluding hydrogens is 288 g/mol. The summed E-state index contributed by atoms with van der Waals surface area (Å²) >= 11 is 0. The van der Waals surface area contributed by atoms with Crippen LogP contribution in [0.4, 0.5) is 5.95 Å². The molecule has 1 saturated heterocycles. The van der Waals surface area contributed by atoms with Gasteiger partial charge in [-0.2, -0.15) is 0 Å². The molecular formula is C18H22N4O. The Morgan fingerprint density at radius 2 is 2.30 bits per heavy atom. The number of carbonyl (C=O) groups is 1. The van der Waals surface area contributed by atoms with Crippen LogP contribution in [0.5, 0.6) is 0 Å². The van der Waals surface area contributed by atoms with E-state index in [2.05, 4.69) is 33.7 Å². The predicted molar refractivity (Wildman–Crippen MR) is 92.2 cm³/mol. The molecule has 23 heavy (non-hydrogen) atoms. The van der Waals surface area contributed by atoms with Crippen molar-refractivity contribution in [2.75, 3.05) is 24.5 Å². The summed E-state index contributed by atoms with van der Waals surface area (Å²) in [6.45, 7) is 4.91. The van der Waals surface area contributed by atoms with Crippen molar-refractivity contribution in [1.29, 1.82) is 0 Å². The highest BCUT2D eigenvalue weighted by atomic mass is 16.1. The lowest BCUT2D eigenvalue weighted by Crippen LogP contribution is -2.44. The minimum atomic E-state index is -0.0257. The number of aromatic nitrogens is 2. The highest BCUT2D eigenvalue weighted by molar-refractivity contribution is 5.81. The largest absolute Gasteiger partial charge is 0.345 e. The van der Waals surface area contributed by atoms with Gasteiger partial charge in [0.15, 0.2) is 0 Å². The SMILES string of the molecule is C#CCNC(=O)[C@@H]1CCCN(c2nc3ccccc3n2CC)C1. The number of nitrogens with one attached hydrogen (secondary N) is 1. The minimum absolute atomic E-state index is 0.0257. The second-order valence-electron chi connectivity index (χ2n) is 5.85. The number of anilines is 1. The van der Waals surface area contributed by atoms with Gasteiger partial charge in [0, 0.05) is 19.6 Å². The van der Waals surface area contributed by atoms with Crippen molar-refractivity contribution in [2.45, 2.75) is 26.3 Å². The molecule has 1 N–H and O–H groups in total. The summed E-state index contributed by atoms with van der Waals surface area (Å²) in [5.41, 5.74) is 2.15. The van der Waals surface area contributed by atoms with Gasteiger partial charge in [-0.25, -0.2) is 4.98 Å². The van der Waals surface area contributed by atoms with Crippen molar-refractivity contribution in [3.05, 3.63) is 24.3 Å². The maximum absolute atomic E-state index is 12.2. The molecule has 0 saturated carbocycles. The summed E-state index contributed by atoms with van der Waals surface area (Å²) in [5.74, 6) is 3.44. The van der Waals surface area contributed by atoms with E-state index >= 15 is 0 Å². The van der Waals surface area contributed by atoms with E-state index in [9.17, 15) is 4.79 Å². The smallest absolute Gasteiger partial charge is 0.225 e. The van der Waals surface area contributed by atoms with Gasteiger partial charge in [-0.15, -0.1) is 6.42 Å². The van der Waals surface area contributed by atoms with E-state index in [0.29, 0.717) is 13.1 Å². The Kier molecular flexibility index (Phi) is 4.52. The number of hydrogen-bond acceptors (Lipinski definition) is 3. The number of benzene rings is 1. The zero-order chi connectivity index (χ0) is 16.2.